The number of morpholine rings is 1. The van der Waals surface area contributed by atoms with E-state index in [9.17, 15) is 18.8 Å². The number of amides is 2. The van der Waals surface area contributed by atoms with E-state index in [1.165, 1.54) is 47.7 Å². The Kier molecular flexibility index (Phi) is 10.5. The van der Waals surface area contributed by atoms with E-state index >= 15 is 4.39 Å². The number of nitrogens with zero attached hydrogens (tertiary/aromatic N) is 4. The second-order valence-electron chi connectivity index (χ2n) is 13.6. The van der Waals surface area contributed by atoms with Gasteiger partial charge in [-0.2, -0.15) is 5.10 Å². The lowest BCUT2D eigenvalue weighted by Crippen LogP contribution is -2.35. The van der Waals surface area contributed by atoms with Gasteiger partial charge in [0.2, 0.25) is 11.8 Å². The molecule has 1 saturated heterocycles. The molecule has 0 bridgehead atoms. The largest absolute Gasteiger partial charge is 0.460 e. The van der Waals surface area contributed by atoms with Gasteiger partial charge in [0.1, 0.15) is 23.6 Å². The van der Waals surface area contributed by atoms with E-state index in [0.29, 0.717) is 59.8 Å². The lowest BCUT2D eigenvalue weighted by Gasteiger charge is -2.26. The van der Waals surface area contributed by atoms with Crippen LogP contribution in [-0.2, 0) is 32.2 Å². The van der Waals surface area contributed by atoms with Crippen LogP contribution in [0.25, 0.3) is 20.7 Å². The standard InChI is InChI=1S/C41H36F2N6O6S/c42-29-4-6-30(7-5-29)46-39(51)41(11-12-41)40(52)47-31-8-9-34(32(43)21-31)55-35-10-13-44-33-22-36(56-37(33)35)28-23-45-49(25-28)16-19-54-38(50)27-3-1-2-26(20-27)24-48-14-17-53-18-15-48/h1-10,13,20-23,25H,11-12,14-19,24H2,(H,46,51)(H,47,52). The molecule has 0 radical (unpaired) electrons. The third-order valence-corrected chi connectivity index (χ3v) is 10.8. The number of hydrogen-bond acceptors (Lipinski definition) is 10. The number of carbonyl (C=O) groups excluding carboxylic acids is 3. The van der Waals surface area contributed by atoms with Crippen molar-refractivity contribution < 1.29 is 37.4 Å². The Morgan fingerprint density at radius 2 is 1.66 bits per heavy atom. The number of rotatable bonds is 13. The number of pyridine rings is 1. The van der Waals surface area contributed by atoms with Crippen molar-refractivity contribution in [3.05, 3.63) is 120 Å². The first-order valence-corrected chi connectivity index (χ1v) is 18.9. The van der Waals surface area contributed by atoms with Gasteiger partial charge in [-0.3, -0.25) is 24.2 Å². The average Bonchev–Trinajstić information content (AvgIpc) is 3.69. The number of ether oxygens (including phenoxy) is 3. The molecule has 2 aliphatic rings. The summed E-state index contributed by atoms with van der Waals surface area (Å²) < 4.78 is 48.0. The Labute approximate surface area is 324 Å². The topological polar surface area (TPSA) is 137 Å². The Morgan fingerprint density at radius 3 is 2.43 bits per heavy atom. The van der Waals surface area contributed by atoms with Gasteiger partial charge in [-0.25, -0.2) is 13.6 Å². The Bertz CT molecular complexity index is 2410. The zero-order valence-electron chi connectivity index (χ0n) is 30.0. The molecule has 0 spiro atoms. The summed E-state index contributed by atoms with van der Waals surface area (Å²) in [5.74, 6) is -2.29. The molecular formula is C41H36F2N6O6S. The van der Waals surface area contributed by atoms with E-state index in [2.05, 4.69) is 25.6 Å². The van der Waals surface area contributed by atoms with Crippen LogP contribution in [0.15, 0.2) is 97.5 Å². The van der Waals surface area contributed by atoms with Gasteiger partial charge in [0.25, 0.3) is 0 Å². The van der Waals surface area contributed by atoms with E-state index in [1.54, 1.807) is 29.2 Å². The molecule has 2 fully saturated rings. The summed E-state index contributed by atoms with van der Waals surface area (Å²) in [6, 6.07) is 20.3. The summed E-state index contributed by atoms with van der Waals surface area (Å²) in [5.41, 5.74) is 2.27. The van der Waals surface area contributed by atoms with Crippen LogP contribution < -0.4 is 15.4 Å². The SMILES string of the molecule is O=C(OCCn1cc(-c2cc3nccc(Oc4ccc(NC(=O)C5(C(=O)Nc6ccc(F)cc6)CC5)cc4F)c3s2)cn1)c1cccc(CN2CCOCC2)c1. The number of esters is 1. The fourth-order valence-corrected chi connectivity index (χ4v) is 7.42. The number of aromatic nitrogens is 3. The molecule has 6 aromatic rings. The van der Waals surface area contributed by atoms with Crippen molar-refractivity contribution in [2.45, 2.75) is 25.9 Å². The number of benzene rings is 3. The maximum atomic E-state index is 15.4. The van der Waals surface area contributed by atoms with Crippen LogP contribution in [0, 0.1) is 17.0 Å². The van der Waals surface area contributed by atoms with Gasteiger partial charge in [0.05, 0.1) is 41.7 Å². The summed E-state index contributed by atoms with van der Waals surface area (Å²) in [6.07, 6.45) is 5.81. The molecule has 2 N–H and O–H groups in total. The minimum atomic E-state index is -1.29. The molecule has 15 heteroatoms. The highest BCUT2D eigenvalue weighted by Gasteiger charge is 2.56. The highest BCUT2D eigenvalue weighted by atomic mass is 32.1. The van der Waals surface area contributed by atoms with E-state index < -0.39 is 34.8 Å². The second-order valence-corrected chi connectivity index (χ2v) is 14.6. The number of halogens is 2. The maximum Gasteiger partial charge on any atom is 0.338 e. The molecule has 3 aromatic carbocycles. The zero-order chi connectivity index (χ0) is 38.6. The molecule has 4 heterocycles. The first kappa shape index (κ1) is 36.9. The summed E-state index contributed by atoms with van der Waals surface area (Å²) in [4.78, 5) is 46.4. The van der Waals surface area contributed by atoms with Crippen LogP contribution in [0.4, 0.5) is 20.2 Å². The number of nitrogens with one attached hydrogen (secondary N) is 2. The van der Waals surface area contributed by atoms with E-state index in [-0.39, 0.29) is 18.0 Å². The molecule has 8 rings (SSSR count). The van der Waals surface area contributed by atoms with Gasteiger partial charge in [-0.15, -0.1) is 11.3 Å². The highest BCUT2D eigenvalue weighted by molar-refractivity contribution is 7.22. The number of anilines is 2. The molecular weight excluding hydrogens is 743 g/mol. The Balaban J connectivity index is 0.868. The summed E-state index contributed by atoms with van der Waals surface area (Å²) >= 11 is 1.41. The number of hydrogen-bond donors (Lipinski definition) is 2. The van der Waals surface area contributed by atoms with Crippen molar-refractivity contribution >= 4 is 50.7 Å². The summed E-state index contributed by atoms with van der Waals surface area (Å²) in [7, 11) is 0. The third kappa shape index (κ3) is 8.29. The van der Waals surface area contributed by atoms with Gasteiger partial charge >= 0.3 is 5.97 Å². The molecule has 286 valence electrons. The molecule has 3 aromatic heterocycles. The number of thiophene rings is 1. The van der Waals surface area contributed by atoms with E-state index in [1.807, 2.05) is 30.5 Å². The molecule has 0 atom stereocenters. The van der Waals surface area contributed by atoms with Crippen LogP contribution in [0.3, 0.4) is 0 Å². The Morgan fingerprint density at radius 1 is 0.893 bits per heavy atom. The van der Waals surface area contributed by atoms with Crippen molar-refractivity contribution in [1.29, 1.82) is 0 Å². The van der Waals surface area contributed by atoms with Gasteiger partial charge in [-0.1, -0.05) is 12.1 Å². The molecule has 2 amide bonds. The molecule has 12 nitrogen and oxygen atoms in total. The number of fused-ring (bicyclic) bond motifs is 1. The smallest absolute Gasteiger partial charge is 0.338 e. The van der Waals surface area contributed by atoms with Crippen LogP contribution in [-0.4, -0.2) is 70.4 Å². The molecule has 0 unspecified atom stereocenters. The number of carbonyl (C=O) groups is 3. The fraction of sp³-hybridized carbons (Fsp3) is 0.244. The first-order valence-electron chi connectivity index (χ1n) is 18.1. The Hall–Kier alpha value is -6.03. The maximum absolute atomic E-state index is 15.4. The van der Waals surface area contributed by atoms with Crippen LogP contribution in [0.2, 0.25) is 0 Å². The van der Waals surface area contributed by atoms with Crippen molar-refractivity contribution in [3.8, 4) is 21.9 Å². The highest BCUT2D eigenvalue weighted by Crippen LogP contribution is 2.48. The third-order valence-electron chi connectivity index (χ3n) is 9.65. The zero-order valence-corrected chi connectivity index (χ0v) is 30.8. The monoisotopic (exact) mass is 778 g/mol. The molecule has 56 heavy (non-hydrogen) atoms. The average molecular weight is 779 g/mol. The van der Waals surface area contributed by atoms with Crippen LogP contribution >= 0.6 is 11.3 Å². The minimum Gasteiger partial charge on any atom is -0.460 e. The van der Waals surface area contributed by atoms with E-state index in [4.69, 9.17) is 14.2 Å². The molecule has 1 aliphatic carbocycles. The molecule has 1 aliphatic heterocycles. The summed E-state index contributed by atoms with van der Waals surface area (Å²) in [5, 5.41) is 9.74. The first-order chi connectivity index (χ1) is 27.2. The van der Waals surface area contributed by atoms with Gasteiger partial charge in [-0.05, 0) is 73.0 Å². The molecule has 1 saturated carbocycles. The van der Waals surface area contributed by atoms with Crippen molar-refractivity contribution in [2.75, 3.05) is 43.5 Å². The predicted octanol–water partition coefficient (Wildman–Crippen LogP) is 7.28. The van der Waals surface area contributed by atoms with Crippen molar-refractivity contribution in [1.82, 2.24) is 19.7 Å². The lowest BCUT2D eigenvalue weighted by molar-refractivity contribution is -0.131. The lowest BCUT2D eigenvalue weighted by atomic mass is 10.0. The quantitative estimate of drug-likeness (QED) is 0.0916. The minimum absolute atomic E-state index is 0.0631. The van der Waals surface area contributed by atoms with Crippen molar-refractivity contribution in [2.24, 2.45) is 5.41 Å². The fourth-order valence-electron chi connectivity index (χ4n) is 6.38. The van der Waals surface area contributed by atoms with E-state index in [0.717, 1.165) is 41.7 Å². The normalized spacial score (nSPS) is 15.0. The van der Waals surface area contributed by atoms with Gasteiger partial charge < -0.3 is 24.8 Å². The van der Waals surface area contributed by atoms with Crippen LogP contribution in [0.1, 0.15) is 28.8 Å². The van der Waals surface area contributed by atoms with Crippen LogP contribution in [0.5, 0.6) is 11.5 Å². The predicted molar refractivity (Wildman–Crippen MR) is 205 cm³/mol. The van der Waals surface area contributed by atoms with Gasteiger partial charge in [0, 0.05) is 66.0 Å². The van der Waals surface area contributed by atoms with Gasteiger partial charge in [0.15, 0.2) is 11.6 Å². The summed E-state index contributed by atoms with van der Waals surface area (Å²) in [6.45, 7) is 4.39. The van der Waals surface area contributed by atoms with Crippen molar-refractivity contribution in [3.63, 3.8) is 0 Å². The second kappa shape index (κ2) is 16.0.